The average Bonchev–Trinajstić information content (AvgIpc) is 2.27. The highest BCUT2D eigenvalue weighted by atomic mass is 16.5. The minimum atomic E-state index is 0.108. The second kappa shape index (κ2) is 4.49. The molecular formula is C13H16N2O. The lowest BCUT2D eigenvalue weighted by atomic mass is 10.1. The lowest BCUT2D eigenvalue weighted by Gasteiger charge is -2.11. The molecule has 0 radical (unpaired) electrons. The van der Waals surface area contributed by atoms with Gasteiger partial charge in [0.15, 0.2) is 0 Å². The van der Waals surface area contributed by atoms with E-state index in [2.05, 4.69) is 11.1 Å². The molecule has 0 saturated heterocycles. The lowest BCUT2D eigenvalue weighted by Crippen LogP contribution is -2.18. The zero-order chi connectivity index (χ0) is 11.5. The molecule has 0 unspecified atom stereocenters. The number of benzene rings is 1. The highest BCUT2D eigenvalue weighted by Crippen LogP contribution is 2.22. The maximum Gasteiger partial charge on any atom is 0.216 e. The van der Waals surface area contributed by atoms with Crippen LogP contribution in [-0.4, -0.2) is 18.1 Å². The van der Waals surface area contributed by atoms with E-state index in [1.54, 1.807) is 7.11 Å². The minimum absolute atomic E-state index is 0.108. The zero-order valence-electron chi connectivity index (χ0n) is 9.60. The maximum atomic E-state index is 5.81. The molecule has 1 atom stereocenters. The van der Waals surface area contributed by atoms with Crippen LogP contribution in [0.1, 0.15) is 12.5 Å². The Morgan fingerprint density at radius 2 is 2.12 bits per heavy atom. The van der Waals surface area contributed by atoms with Crippen molar-refractivity contribution in [2.24, 2.45) is 5.73 Å². The fraction of sp³-hybridized carbons (Fsp3) is 0.308. The molecule has 3 heteroatoms. The molecule has 0 aliphatic rings. The summed E-state index contributed by atoms with van der Waals surface area (Å²) in [5.74, 6) is 0.677. The number of methoxy groups -OCH3 is 1. The molecule has 2 rings (SSSR count). The van der Waals surface area contributed by atoms with Crippen LogP contribution in [0.4, 0.5) is 0 Å². The van der Waals surface area contributed by atoms with Crippen molar-refractivity contribution in [3.05, 3.63) is 35.9 Å². The number of para-hydroxylation sites is 1. The summed E-state index contributed by atoms with van der Waals surface area (Å²) in [4.78, 5) is 4.47. The zero-order valence-corrected chi connectivity index (χ0v) is 9.60. The molecule has 2 N–H and O–H groups in total. The van der Waals surface area contributed by atoms with E-state index < -0.39 is 0 Å². The van der Waals surface area contributed by atoms with Gasteiger partial charge >= 0.3 is 0 Å². The Balaban J connectivity index is 2.53. The van der Waals surface area contributed by atoms with Gasteiger partial charge in [0.1, 0.15) is 0 Å². The summed E-state index contributed by atoms with van der Waals surface area (Å²) in [6, 6.07) is 10.2. The second-order valence-electron chi connectivity index (χ2n) is 4.03. The van der Waals surface area contributed by atoms with Gasteiger partial charge in [0.05, 0.1) is 12.6 Å². The van der Waals surface area contributed by atoms with Crippen LogP contribution in [0.5, 0.6) is 5.88 Å². The SMILES string of the molecule is COc1nc2ccccc2cc1C[C@@H](C)N. The first-order valence-electron chi connectivity index (χ1n) is 5.39. The van der Waals surface area contributed by atoms with Gasteiger partial charge < -0.3 is 10.5 Å². The largest absolute Gasteiger partial charge is 0.481 e. The van der Waals surface area contributed by atoms with Crippen LogP contribution in [0.3, 0.4) is 0 Å². The summed E-state index contributed by atoms with van der Waals surface area (Å²) in [6.45, 7) is 1.98. The topological polar surface area (TPSA) is 48.1 Å². The molecule has 3 nitrogen and oxygen atoms in total. The second-order valence-corrected chi connectivity index (χ2v) is 4.03. The van der Waals surface area contributed by atoms with Gasteiger partial charge in [-0.2, -0.15) is 0 Å². The predicted octanol–water partition coefficient (Wildman–Crippen LogP) is 2.13. The molecular weight excluding hydrogens is 200 g/mol. The van der Waals surface area contributed by atoms with Gasteiger partial charge in [-0.05, 0) is 25.5 Å². The number of nitrogens with zero attached hydrogens (tertiary/aromatic N) is 1. The van der Waals surface area contributed by atoms with Crippen LogP contribution >= 0.6 is 0 Å². The van der Waals surface area contributed by atoms with Crippen molar-refractivity contribution < 1.29 is 4.74 Å². The van der Waals surface area contributed by atoms with Gasteiger partial charge in [-0.25, -0.2) is 4.98 Å². The van der Waals surface area contributed by atoms with E-state index in [0.717, 1.165) is 22.9 Å². The van der Waals surface area contributed by atoms with Crippen LogP contribution in [0.2, 0.25) is 0 Å². The summed E-state index contributed by atoms with van der Waals surface area (Å²) >= 11 is 0. The first kappa shape index (κ1) is 10.9. The molecule has 0 aliphatic heterocycles. The summed E-state index contributed by atoms with van der Waals surface area (Å²) in [6.07, 6.45) is 0.779. The van der Waals surface area contributed by atoms with Crippen LogP contribution in [0, 0.1) is 0 Å². The van der Waals surface area contributed by atoms with Crippen molar-refractivity contribution in [1.29, 1.82) is 0 Å². The summed E-state index contributed by atoms with van der Waals surface area (Å²) in [5, 5.41) is 1.12. The van der Waals surface area contributed by atoms with Crippen molar-refractivity contribution in [2.45, 2.75) is 19.4 Å². The fourth-order valence-corrected chi connectivity index (χ4v) is 1.81. The Hall–Kier alpha value is -1.61. The lowest BCUT2D eigenvalue weighted by molar-refractivity contribution is 0.393. The van der Waals surface area contributed by atoms with Gasteiger partial charge in [0, 0.05) is 17.0 Å². The molecule has 0 aliphatic carbocycles. The molecule has 1 aromatic heterocycles. The van der Waals surface area contributed by atoms with Gasteiger partial charge in [-0.3, -0.25) is 0 Å². The Kier molecular flexibility index (Phi) is 3.06. The summed E-state index contributed by atoms with van der Waals surface area (Å²) in [5.41, 5.74) is 7.83. The average molecular weight is 216 g/mol. The highest BCUT2D eigenvalue weighted by molar-refractivity contribution is 5.80. The standard InChI is InChI=1S/C13H16N2O/c1-9(14)7-11-8-10-5-3-4-6-12(10)15-13(11)16-2/h3-6,8-9H,7,14H2,1-2H3/t9-/m1/s1. The molecule has 84 valence electrons. The predicted molar refractivity (Wildman–Crippen MR) is 65.6 cm³/mol. The first-order chi connectivity index (χ1) is 7.70. The molecule has 0 spiro atoms. The fourth-order valence-electron chi connectivity index (χ4n) is 1.81. The van der Waals surface area contributed by atoms with E-state index in [9.17, 15) is 0 Å². The molecule has 0 amide bonds. The molecule has 1 heterocycles. The third-order valence-electron chi connectivity index (χ3n) is 2.50. The monoisotopic (exact) mass is 216 g/mol. The number of rotatable bonds is 3. The quantitative estimate of drug-likeness (QED) is 0.855. The summed E-state index contributed by atoms with van der Waals surface area (Å²) in [7, 11) is 1.64. The third-order valence-corrected chi connectivity index (χ3v) is 2.50. The van der Waals surface area contributed by atoms with E-state index in [1.165, 1.54) is 0 Å². The molecule has 0 fully saturated rings. The Morgan fingerprint density at radius 1 is 1.38 bits per heavy atom. The number of hydrogen-bond acceptors (Lipinski definition) is 3. The number of hydrogen-bond donors (Lipinski definition) is 1. The number of ether oxygens (including phenoxy) is 1. The van der Waals surface area contributed by atoms with E-state index in [4.69, 9.17) is 10.5 Å². The molecule has 1 aromatic carbocycles. The number of fused-ring (bicyclic) bond motifs is 1. The number of aromatic nitrogens is 1. The van der Waals surface area contributed by atoms with Crippen molar-refractivity contribution in [1.82, 2.24) is 4.98 Å². The van der Waals surface area contributed by atoms with E-state index in [1.807, 2.05) is 31.2 Å². The van der Waals surface area contributed by atoms with Crippen molar-refractivity contribution in [2.75, 3.05) is 7.11 Å². The van der Waals surface area contributed by atoms with Gasteiger partial charge in [0.25, 0.3) is 0 Å². The smallest absolute Gasteiger partial charge is 0.216 e. The molecule has 0 saturated carbocycles. The molecule has 2 aromatic rings. The van der Waals surface area contributed by atoms with Crippen LogP contribution in [-0.2, 0) is 6.42 Å². The van der Waals surface area contributed by atoms with Crippen molar-refractivity contribution >= 4 is 10.9 Å². The van der Waals surface area contributed by atoms with Crippen molar-refractivity contribution in [3.63, 3.8) is 0 Å². The third kappa shape index (κ3) is 2.14. The molecule has 0 bridgehead atoms. The van der Waals surface area contributed by atoms with E-state index in [-0.39, 0.29) is 6.04 Å². The Bertz CT molecular complexity index is 494. The normalized spacial score (nSPS) is 12.7. The highest BCUT2D eigenvalue weighted by Gasteiger charge is 2.08. The van der Waals surface area contributed by atoms with Crippen LogP contribution < -0.4 is 10.5 Å². The van der Waals surface area contributed by atoms with Gasteiger partial charge in [-0.1, -0.05) is 18.2 Å². The Labute approximate surface area is 95.2 Å². The van der Waals surface area contributed by atoms with Gasteiger partial charge in [0.2, 0.25) is 5.88 Å². The first-order valence-corrected chi connectivity index (χ1v) is 5.39. The minimum Gasteiger partial charge on any atom is -0.481 e. The number of pyridine rings is 1. The van der Waals surface area contributed by atoms with Crippen LogP contribution in [0.15, 0.2) is 30.3 Å². The van der Waals surface area contributed by atoms with E-state index in [0.29, 0.717) is 5.88 Å². The van der Waals surface area contributed by atoms with Crippen molar-refractivity contribution in [3.8, 4) is 5.88 Å². The van der Waals surface area contributed by atoms with Gasteiger partial charge in [-0.15, -0.1) is 0 Å². The maximum absolute atomic E-state index is 5.81. The number of nitrogens with two attached hydrogens (primary N) is 1. The molecule has 16 heavy (non-hydrogen) atoms. The summed E-state index contributed by atoms with van der Waals surface area (Å²) < 4.78 is 5.29. The van der Waals surface area contributed by atoms with E-state index >= 15 is 0 Å². The van der Waals surface area contributed by atoms with Crippen LogP contribution in [0.25, 0.3) is 10.9 Å². The Morgan fingerprint density at radius 3 is 2.81 bits per heavy atom.